The molecule has 0 spiro atoms. The lowest BCUT2D eigenvalue weighted by Crippen LogP contribution is -2.20. The van der Waals surface area contributed by atoms with Gasteiger partial charge in [-0.3, -0.25) is 4.79 Å². The smallest absolute Gasteiger partial charge is 0.338 e. The second-order valence-corrected chi connectivity index (χ2v) is 6.57. The molecule has 2 rings (SSSR count). The number of nitrogens with one attached hydrogen (secondary N) is 1. The number of carbonyl (C=O) groups excluding carboxylic acids is 2. The number of hydrogen-bond donors (Lipinski definition) is 1. The molecule has 0 aromatic heterocycles. The molecule has 5 nitrogen and oxygen atoms in total. The van der Waals surface area contributed by atoms with Gasteiger partial charge in [-0.15, -0.1) is 0 Å². The van der Waals surface area contributed by atoms with Crippen LogP contribution in [-0.4, -0.2) is 25.1 Å². The van der Waals surface area contributed by atoms with Crippen LogP contribution in [0.15, 0.2) is 46.9 Å². The van der Waals surface area contributed by atoms with Gasteiger partial charge in [-0.25, -0.2) is 4.79 Å². The summed E-state index contributed by atoms with van der Waals surface area (Å²) in [5, 5.41) is 2.73. The van der Waals surface area contributed by atoms with E-state index in [9.17, 15) is 9.59 Å². The molecule has 0 saturated carbocycles. The summed E-state index contributed by atoms with van der Waals surface area (Å²) in [4.78, 5) is 24.0. The molecule has 0 heterocycles. The average molecular weight is 420 g/mol. The van der Waals surface area contributed by atoms with E-state index >= 15 is 0 Å². The predicted octanol–water partition coefficient (Wildman–Crippen LogP) is 4.60. The first kappa shape index (κ1) is 20.0. The standard InChI is InChI=1S/C20H22BrNO4/c1-3-10-25-20(24)15-6-5-7-17(12-15)22-19(23)13-26-18-9-8-16(21)11-14(18)4-2/h5-9,11-12H,3-4,10,13H2,1-2H3,(H,22,23). The van der Waals surface area contributed by atoms with Crippen LogP contribution in [0.3, 0.4) is 0 Å². The Kier molecular flexibility index (Phi) is 7.66. The topological polar surface area (TPSA) is 64.6 Å². The monoisotopic (exact) mass is 419 g/mol. The SMILES string of the molecule is CCCOC(=O)c1cccc(NC(=O)COc2ccc(Br)cc2CC)c1. The number of amides is 1. The van der Waals surface area contributed by atoms with Gasteiger partial charge in [0.25, 0.3) is 5.91 Å². The van der Waals surface area contributed by atoms with Gasteiger partial charge >= 0.3 is 5.97 Å². The number of rotatable bonds is 8. The second-order valence-electron chi connectivity index (χ2n) is 5.66. The first-order valence-electron chi connectivity index (χ1n) is 8.51. The quantitative estimate of drug-likeness (QED) is 0.635. The number of esters is 1. The number of carbonyl (C=O) groups is 2. The third-order valence-electron chi connectivity index (χ3n) is 3.58. The summed E-state index contributed by atoms with van der Waals surface area (Å²) in [6.07, 6.45) is 1.56. The summed E-state index contributed by atoms with van der Waals surface area (Å²) in [5.41, 5.74) is 1.95. The molecule has 0 bridgehead atoms. The zero-order valence-corrected chi connectivity index (χ0v) is 16.5. The minimum absolute atomic E-state index is 0.112. The van der Waals surface area contributed by atoms with Crippen LogP contribution in [0.1, 0.15) is 36.2 Å². The molecule has 2 aromatic rings. The molecule has 1 amide bonds. The lowest BCUT2D eigenvalue weighted by molar-refractivity contribution is -0.118. The van der Waals surface area contributed by atoms with Gasteiger partial charge in [-0.1, -0.05) is 35.8 Å². The van der Waals surface area contributed by atoms with Gasteiger partial charge in [-0.05, 0) is 54.8 Å². The lowest BCUT2D eigenvalue weighted by atomic mass is 10.1. The van der Waals surface area contributed by atoms with Crippen molar-refractivity contribution >= 4 is 33.5 Å². The zero-order valence-electron chi connectivity index (χ0n) is 14.9. The Morgan fingerprint density at radius 2 is 1.92 bits per heavy atom. The first-order chi connectivity index (χ1) is 12.5. The molecule has 0 aliphatic carbocycles. The normalized spacial score (nSPS) is 10.3. The second kappa shape index (κ2) is 9.97. The average Bonchev–Trinajstić information content (AvgIpc) is 2.65. The van der Waals surface area contributed by atoms with Crippen LogP contribution >= 0.6 is 15.9 Å². The van der Waals surface area contributed by atoms with Crippen LogP contribution in [0.2, 0.25) is 0 Å². The van der Waals surface area contributed by atoms with Crippen molar-refractivity contribution in [2.45, 2.75) is 26.7 Å². The molecular formula is C20H22BrNO4. The Morgan fingerprint density at radius 1 is 1.12 bits per heavy atom. The van der Waals surface area contributed by atoms with E-state index in [-0.39, 0.29) is 12.5 Å². The molecule has 26 heavy (non-hydrogen) atoms. The lowest BCUT2D eigenvalue weighted by Gasteiger charge is -2.11. The van der Waals surface area contributed by atoms with Gasteiger partial charge in [0.15, 0.2) is 6.61 Å². The van der Waals surface area contributed by atoms with Crippen LogP contribution in [0.4, 0.5) is 5.69 Å². The molecule has 0 aliphatic heterocycles. The van der Waals surface area contributed by atoms with Gasteiger partial charge in [0.05, 0.1) is 12.2 Å². The minimum Gasteiger partial charge on any atom is -0.483 e. The molecule has 138 valence electrons. The Bertz CT molecular complexity index is 776. The molecule has 0 fully saturated rings. The number of halogens is 1. The summed E-state index contributed by atoms with van der Waals surface area (Å²) in [7, 11) is 0. The fourth-order valence-corrected chi connectivity index (χ4v) is 2.72. The molecule has 0 atom stereocenters. The van der Waals surface area contributed by atoms with Crippen molar-refractivity contribution in [2.75, 3.05) is 18.5 Å². The molecule has 0 saturated heterocycles. The van der Waals surface area contributed by atoms with E-state index in [1.54, 1.807) is 24.3 Å². The van der Waals surface area contributed by atoms with E-state index in [0.29, 0.717) is 23.6 Å². The summed E-state index contributed by atoms with van der Waals surface area (Å²) >= 11 is 3.42. The van der Waals surface area contributed by atoms with Crippen LogP contribution in [0.25, 0.3) is 0 Å². The Labute approximate surface area is 161 Å². The number of benzene rings is 2. The van der Waals surface area contributed by atoms with Crippen molar-refractivity contribution in [3.8, 4) is 5.75 Å². The maximum Gasteiger partial charge on any atom is 0.338 e. The predicted molar refractivity (Wildman–Crippen MR) is 105 cm³/mol. The molecule has 2 aromatic carbocycles. The van der Waals surface area contributed by atoms with Crippen molar-refractivity contribution in [1.29, 1.82) is 0 Å². The van der Waals surface area contributed by atoms with Gasteiger partial charge in [0.1, 0.15) is 5.75 Å². The summed E-state index contributed by atoms with van der Waals surface area (Å²) in [6.45, 7) is 4.21. The highest BCUT2D eigenvalue weighted by molar-refractivity contribution is 9.10. The number of anilines is 1. The molecule has 6 heteroatoms. The Hall–Kier alpha value is -2.34. The molecule has 1 N–H and O–H groups in total. The first-order valence-corrected chi connectivity index (χ1v) is 9.31. The van der Waals surface area contributed by atoms with Crippen molar-refractivity contribution in [2.24, 2.45) is 0 Å². The van der Waals surface area contributed by atoms with E-state index in [0.717, 1.165) is 22.9 Å². The maximum absolute atomic E-state index is 12.1. The van der Waals surface area contributed by atoms with Crippen molar-refractivity contribution in [3.63, 3.8) is 0 Å². The van der Waals surface area contributed by atoms with Gasteiger partial charge in [-0.2, -0.15) is 0 Å². The van der Waals surface area contributed by atoms with Crippen LogP contribution in [0, 0.1) is 0 Å². The van der Waals surface area contributed by atoms with E-state index < -0.39 is 5.97 Å². The minimum atomic E-state index is -0.401. The fraction of sp³-hybridized carbons (Fsp3) is 0.300. The largest absolute Gasteiger partial charge is 0.483 e. The van der Waals surface area contributed by atoms with Crippen molar-refractivity contribution < 1.29 is 19.1 Å². The molecular weight excluding hydrogens is 398 g/mol. The summed E-state index contributed by atoms with van der Waals surface area (Å²) in [5.74, 6) is -0.0153. The number of ether oxygens (including phenoxy) is 2. The van der Waals surface area contributed by atoms with Crippen LogP contribution < -0.4 is 10.1 Å². The molecule has 0 aliphatic rings. The Balaban J connectivity index is 1.95. The van der Waals surface area contributed by atoms with E-state index in [1.807, 2.05) is 32.0 Å². The van der Waals surface area contributed by atoms with Crippen molar-refractivity contribution in [3.05, 3.63) is 58.1 Å². The number of hydrogen-bond acceptors (Lipinski definition) is 4. The highest BCUT2D eigenvalue weighted by Crippen LogP contribution is 2.23. The van der Waals surface area contributed by atoms with Crippen LogP contribution in [0.5, 0.6) is 5.75 Å². The van der Waals surface area contributed by atoms with Gasteiger partial charge in [0, 0.05) is 10.2 Å². The van der Waals surface area contributed by atoms with Crippen LogP contribution in [-0.2, 0) is 16.0 Å². The van der Waals surface area contributed by atoms with E-state index in [4.69, 9.17) is 9.47 Å². The van der Waals surface area contributed by atoms with Gasteiger partial charge in [0.2, 0.25) is 0 Å². The van der Waals surface area contributed by atoms with E-state index in [2.05, 4.69) is 21.2 Å². The molecule has 0 unspecified atom stereocenters. The Morgan fingerprint density at radius 3 is 2.65 bits per heavy atom. The molecule has 0 radical (unpaired) electrons. The summed E-state index contributed by atoms with van der Waals surface area (Å²) < 4.78 is 11.7. The van der Waals surface area contributed by atoms with Gasteiger partial charge < -0.3 is 14.8 Å². The summed E-state index contributed by atoms with van der Waals surface area (Å²) in [6, 6.07) is 12.3. The van der Waals surface area contributed by atoms with Crippen molar-refractivity contribution in [1.82, 2.24) is 0 Å². The third-order valence-corrected chi connectivity index (χ3v) is 4.07. The zero-order chi connectivity index (χ0) is 18.9. The third kappa shape index (κ3) is 5.88. The highest BCUT2D eigenvalue weighted by Gasteiger charge is 2.10. The highest BCUT2D eigenvalue weighted by atomic mass is 79.9. The maximum atomic E-state index is 12.1. The number of aryl methyl sites for hydroxylation is 1. The van der Waals surface area contributed by atoms with E-state index in [1.165, 1.54) is 0 Å². The fourth-order valence-electron chi connectivity index (χ4n) is 2.31.